The molecule has 216 valence electrons. The summed E-state index contributed by atoms with van der Waals surface area (Å²) < 4.78 is 0. The number of nitrogens with one attached hydrogen (secondary N) is 2. The first-order valence-electron chi connectivity index (χ1n) is 12.5. The summed E-state index contributed by atoms with van der Waals surface area (Å²) in [5.74, 6) is -0.701. The third-order valence-corrected chi connectivity index (χ3v) is 7.58. The predicted molar refractivity (Wildman–Crippen MR) is 161 cm³/mol. The smallest absolute Gasteiger partial charge is 0.277 e. The second kappa shape index (κ2) is 12.9. The molecule has 4 aromatic carbocycles. The van der Waals surface area contributed by atoms with Crippen LogP contribution in [-0.4, -0.2) is 34.2 Å². The molecule has 0 fully saturated rings. The van der Waals surface area contributed by atoms with Gasteiger partial charge in [0.25, 0.3) is 11.4 Å². The Hall–Kier alpha value is -5.69. The van der Waals surface area contributed by atoms with E-state index in [1.54, 1.807) is 36.4 Å². The molecule has 0 aliphatic rings. The van der Waals surface area contributed by atoms with Gasteiger partial charge in [-0.25, -0.2) is 0 Å². The van der Waals surface area contributed by atoms with Crippen molar-refractivity contribution < 1.29 is 29.0 Å². The van der Waals surface area contributed by atoms with E-state index in [1.807, 2.05) is 0 Å². The van der Waals surface area contributed by atoms with E-state index < -0.39 is 9.85 Å². The van der Waals surface area contributed by atoms with Crippen LogP contribution in [0.2, 0.25) is 0 Å². The van der Waals surface area contributed by atoms with E-state index in [2.05, 4.69) is 10.6 Å². The number of nitro groups is 2. The SMILES string of the molecule is CC(=O)c1ccc(-c2cccc(Sc3cccc(-c4ccc(C(C)=O)cc4[N+](=O)[O-])c3NC=O)c2NC=O)c([N+](=O)[O-])c1. The number of benzene rings is 4. The Balaban J connectivity index is 1.90. The van der Waals surface area contributed by atoms with Gasteiger partial charge >= 0.3 is 0 Å². The molecule has 2 N–H and O–H groups in total. The fourth-order valence-electron chi connectivity index (χ4n) is 4.47. The Labute approximate surface area is 248 Å². The lowest BCUT2D eigenvalue weighted by Gasteiger charge is -2.17. The van der Waals surface area contributed by atoms with Crippen LogP contribution in [0.5, 0.6) is 0 Å². The maximum Gasteiger partial charge on any atom is 0.277 e. The standard InChI is InChI=1S/C30H22N4O8S/c1-17(37)19-9-11-21(25(13-19)33(39)40)23-5-3-7-27(29(23)31-15-35)43-28-8-4-6-24(30(28)32-16-36)22-12-10-20(18(2)38)14-26(22)34(41)42/h3-16H,1-2H3,(H,31,35)(H,32,36). The molecule has 4 rings (SSSR count). The van der Waals surface area contributed by atoms with Crippen molar-refractivity contribution in [2.24, 2.45) is 0 Å². The van der Waals surface area contributed by atoms with Gasteiger partial charge in [-0.3, -0.25) is 39.4 Å². The van der Waals surface area contributed by atoms with Gasteiger partial charge in [-0.2, -0.15) is 0 Å². The number of anilines is 2. The van der Waals surface area contributed by atoms with Gasteiger partial charge in [0.15, 0.2) is 11.6 Å². The minimum atomic E-state index is -0.619. The van der Waals surface area contributed by atoms with Gasteiger partial charge in [0.1, 0.15) is 0 Å². The summed E-state index contributed by atoms with van der Waals surface area (Å²) in [6.45, 7) is 2.58. The number of ketones is 2. The lowest BCUT2D eigenvalue weighted by Crippen LogP contribution is -2.03. The molecule has 0 aliphatic heterocycles. The zero-order valence-corrected chi connectivity index (χ0v) is 23.5. The number of Topliss-reactive ketones (excluding diaryl/α,β-unsaturated/α-hetero) is 2. The van der Waals surface area contributed by atoms with Gasteiger partial charge < -0.3 is 10.6 Å². The lowest BCUT2D eigenvalue weighted by atomic mass is 9.98. The maximum absolute atomic E-state index is 11.9. The van der Waals surface area contributed by atoms with E-state index in [1.165, 1.54) is 50.2 Å². The number of amides is 2. The topological polar surface area (TPSA) is 179 Å². The maximum atomic E-state index is 11.9. The van der Waals surface area contributed by atoms with Crippen molar-refractivity contribution in [1.82, 2.24) is 0 Å². The number of carbonyl (C=O) groups is 4. The molecule has 0 radical (unpaired) electrons. The third-order valence-electron chi connectivity index (χ3n) is 6.46. The molecule has 12 nitrogen and oxygen atoms in total. The Morgan fingerprint density at radius 2 is 1.05 bits per heavy atom. The quantitative estimate of drug-likeness (QED) is 0.0793. The van der Waals surface area contributed by atoms with Crippen LogP contribution in [0, 0.1) is 20.2 Å². The number of hydrogen-bond donors (Lipinski definition) is 2. The normalized spacial score (nSPS) is 10.5. The first-order valence-corrected chi connectivity index (χ1v) is 13.3. The molecular formula is C30H22N4O8S. The monoisotopic (exact) mass is 598 g/mol. The number of carbonyl (C=O) groups excluding carboxylic acids is 4. The van der Waals surface area contributed by atoms with Crippen LogP contribution < -0.4 is 10.6 Å². The molecule has 43 heavy (non-hydrogen) atoms. The summed E-state index contributed by atoms with van der Waals surface area (Å²) in [5.41, 5.74) is 0.985. The van der Waals surface area contributed by atoms with Gasteiger partial charge in [0.05, 0.1) is 32.3 Å². The molecular weight excluding hydrogens is 576 g/mol. The van der Waals surface area contributed by atoms with Crippen molar-refractivity contribution in [1.29, 1.82) is 0 Å². The molecule has 0 bridgehead atoms. The molecule has 0 saturated carbocycles. The Kier molecular flexibility index (Phi) is 9.06. The van der Waals surface area contributed by atoms with Crippen LogP contribution in [0.25, 0.3) is 22.3 Å². The highest BCUT2D eigenvalue weighted by Gasteiger charge is 2.24. The van der Waals surface area contributed by atoms with Crippen molar-refractivity contribution in [2.75, 3.05) is 10.6 Å². The molecule has 0 aromatic heterocycles. The van der Waals surface area contributed by atoms with Crippen molar-refractivity contribution in [3.63, 3.8) is 0 Å². The number of rotatable bonds is 12. The summed E-state index contributed by atoms with van der Waals surface area (Å²) >= 11 is 1.09. The molecule has 0 atom stereocenters. The molecule has 2 amide bonds. The van der Waals surface area contributed by atoms with Crippen LogP contribution in [0.3, 0.4) is 0 Å². The van der Waals surface area contributed by atoms with Crippen LogP contribution >= 0.6 is 11.8 Å². The molecule has 0 aliphatic carbocycles. The highest BCUT2D eigenvalue weighted by molar-refractivity contribution is 7.99. The Morgan fingerprint density at radius 3 is 1.37 bits per heavy atom. The van der Waals surface area contributed by atoms with E-state index in [9.17, 15) is 39.4 Å². The summed E-state index contributed by atoms with van der Waals surface area (Å²) in [5, 5.41) is 29.1. The molecule has 0 spiro atoms. The predicted octanol–water partition coefficient (Wildman–Crippen LogP) is 6.53. The fraction of sp³-hybridized carbons (Fsp3) is 0.0667. The highest BCUT2D eigenvalue weighted by Crippen LogP contribution is 2.46. The largest absolute Gasteiger partial charge is 0.327 e. The van der Waals surface area contributed by atoms with Gasteiger partial charge in [0, 0.05) is 44.2 Å². The molecule has 4 aromatic rings. The first-order chi connectivity index (χ1) is 20.6. The Bertz CT molecular complexity index is 1690. The minimum Gasteiger partial charge on any atom is -0.327 e. The zero-order chi connectivity index (χ0) is 31.3. The number of para-hydroxylation sites is 2. The van der Waals surface area contributed by atoms with Gasteiger partial charge in [0.2, 0.25) is 12.8 Å². The zero-order valence-electron chi connectivity index (χ0n) is 22.7. The summed E-state index contributed by atoms with van der Waals surface area (Å²) in [6, 6.07) is 17.8. The van der Waals surface area contributed by atoms with Crippen LogP contribution in [0.15, 0.2) is 82.6 Å². The number of nitrogens with zero attached hydrogens (tertiary/aromatic N) is 2. The van der Waals surface area contributed by atoms with Crippen molar-refractivity contribution in [3.8, 4) is 22.3 Å². The minimum absolute atomic E-state index is 0.151. The molecule has 13 heteroatoms. The van der Waals surface area contributed by atoms with Gasteiger partial charge in [-0.1, -0.05) is 48.2 Å². The Morgan fingerprint density at radius 1 is 0.651 bits per heavy atom. The van der Waals surface area contributed by atoms with E-state index in [0.29, 0.717) is 33.7 Å². The molecule has 0 unspecified atom stereocenters. The van der Waals surface area contributed by atoms with Crippen LogP contribution in [0.4, 0.5) is 22.7 Å². The van der Waals surface area contributed by atoms with E-state index in [0.717, 1.165) is 11.8 Å². The average molecular weight is 599 g/mol. The van der Waals surface area contributed by atoms with Gasteiger partial charge in [-0.15, -0.1) is 0 Å². The second-order valence-electron chi connectivity index (χ2n) is 9.07. The van der Waals surface area contributed by atoms with Crippen molar-refractivity contribution >= 4 is 58.9 Å². The number of nitro benzene ring substituents is 2. The van der Waals surface area contributed by atoms with Crippen molar-refractivity contribution in [2.45, 2.75) is 23.6 Å². The van der Waals surface area contributed by atoms with Crippen LogP contribution in [-0.2, 0) is 9.59 Å². The average Bonchev–Trinajstić information content (AvgIpc) is 2.98. The lowest BCUT2D eigenvalue weighted by molar-refractivity contribution is -0.384. The third kappa shape index (κ3) is 6.31. The summed E-state index contributed by atoms with van der Waals surface area (Å²) in [6.07, 6.45) is 0.833. The van der Waals surface area contributed by atoms with E-state index in [4.69, 9.17) is 0 Å². The van der Waals surface area contributed by atoms with E-state index in [-0.39, 0.29) is 56.6 Å². The summed E-state index contributed by atoms with van der Waals surface area (Å²) in [4.78, 5) is 70.5. The molecule has 0 heterocycles. The van der Waals surface area contributed by atoms with Crippen LogP contribution in [0.1, 0.15) is 34.6 Å². The second-order valence-corrected chi connectivity index (χ2v) is 10.2. The highest BCUT2D eigenvalue weighted by atomic mass is 32.2. The van der Waals surface area contributed by atoms with Gasteiger partial charge in [-0.05, 0) is 38.1 Å². The fourth-order valence-corrected chi connectivity index (χ4v) is 5.55. The first kappa shape index (κ1) is 30.3. The number of hydrogen-bond acceptors (Lipinski definition) is 9. The molecule has 0 saturated heterocycles. The van der Waals surface area contributed by atoms with E-state index >= 15 is 0 Å². The summed E-state index contributed by atoms with van der Waals surface area (Å²) in [7, 11) is 0. The van der Waals surface area contributed by atoms with Crippen molar-refractivity contribution in [3.05, 3.63) is 104 Å².